The smallest absolute Gasteiger partial charge is 0.266 e. The highest BCUT2D eigenvalue weighted by atomic mass is 16.5. The Balaban J connectivity index is 2.73. The molecule has 102 valence electrons. The summed E-state index contributed by atoms with van der Waals surface area (Å²) in [5.41, 5.74) is 4.15. The van der Waals surface area contributed by atoms with Gasteiger partial charge in [-0.1, -0.05) is 0 Å². The molecule has 0 aliphatic carbocycles. The van der Waals surface area contributed by atoms with Gasteiger partial charge in [-0.2, -0.15) is 5.26 Å². The van der Waals surface area contributed by atoms with Gasteiger partial charge in [-0.25, -0.2) is 0 Å². The molecule has 0 saturated heterocycles. The van der Waals surface area contributed by atoms with Crippen molar-refractivity contribution >= 4 is 0 Å². The quantitative estimate of drug-likeness (QED) is 0.910. The Labute approximate surface area is 117 Å². The van der Waals surface area contributed by atoms with Crippen molar-refractivity contribution in [3.05, 3.63) is 50.8 Å². The summed E-state index contributed by atoms with van der Waals surface area (Å²) in [6, 6.07) is 7.63. The van der Waals surface area contributed by atoms with Crippen LogP contribution >= 0.6 is 0 Å². The van der Waals surface area contributed by atoms with E-state index in [4.69, 9.17) is 10.00 Å². The van der Waals surface area contributed by atoms with Gasteiger partial charge in [0.15, 0.2) is 0 Å². The monoisotopic (exact) mass is 268 g/mol. The van der Waals surface area contributed by atoms with E-state index in [2.05, 4.69) is 4.98 Å². The molecular weight excluding hydrogens is 252 g/mol. The molecule has 0 saturated carbocycles. The fourth-order valence-electron chi connectivity index (χ4n) is 2.14. The number of aromatic nitrogens is 1. The molecule has 0 unspecified atom stereocenters. The molecule has 0 spiro atoms. The topological polar surface area (TPSA) is 65.9 Å². The van der Waals surface area contributed by atoms with Crippen molar-refractivity contribution in [3.63, 3.8) is 0 Å². The van der Waals surface area contributed by atoms with Crippen molar-refractivity contribution < 1.29 is 4.74 Å². The third-order valence-corrected chi connectivity index (χ3v) is 3.45. The zero-order valence-electron chi connectivity index (χ0n) is 12.0. The van der Waals surface area contributed by atoms with Crippen molar-refractivity contribution in [2.45, 2.75) is 20.8 Å². The molecule has 0 aliphatic heterocycles. The highest BCUT2D eigenvalue weighted by molar-refractivity contribution is 5.70. The average Bonchev–Trinajstić information content (AvgIpc) is 2.41. The largest absolute Gasteiger partial charge is 0.496 e. The summed E-state index contributed by atoms with van der Waals surface area (Å²) in [5, 5.41) is 8.95. The van der Waals surface area contributed by atoms with Crippen LogP contribution in [0.5, 0.6) is 5.75 Å². The number of H-pyrrole nitrogens is 1. The number of nitrogens with zero attached hydrogens (tertiary/aromatic N) is 1. The van der Waals surface area contributed by atoms with Gasteiger partial charge in [-0.3, -0.25) is 4.79 Å². The Hall–Kier alpha value is -2.54. The molecule has 0 atom stereocenters. The zero-order valence-corrected chi connectivity index (χ0v) is 12.0. The van der Waals surface area contributed by atoms with Gasteiger partial charge in [0.2, 0.25) is 0 Å². The summed E-state index contributed by atoms with van der Waals surface area (Å²) in [6.45, 7) is 5.77. The van der Waals surface area contributed by atoms with Crippen LogP contribution < -0.4 is 10.3 Å². The number of aromatic amines is 1. The second-order valence-corrected chi connectivity index (χ2v) is 4.82. The number of methoxy groups -OCH3 is 1. The lowest BCUT2D eigenvalue weighted by Gasteiger charge is -2.12. The van der Waals surface area contributed by atoms with Crippen LogP contribution in [0.15, 0.2) is 23.0 Å². The number of ether oxygens (including phenoxy) is 1. The number of pyridine rings is 1. The summed E-state index contributed by atoms with van der Waals surface area (Å²) < 4.78 is 5.38. The van der Waals surface area contributed by atoms with Crippen LogP contribution in [0.4, 0.5) is 0 Å². The summed E-state index contributed by atoms with van der Waals surface area (Å²) in [4.78, 5) is 14.6. The Morgan fingerprint density at radius 2 is 1.75 bits per heavy atom. The van der Waals surface area contributed by atoms with Gasteiger partial charge in [-0.05, 0) is 55.7 Å². The molecule has 4 nitrogen and oxygen atoms in total. The van der Waals surface area contributed by atoms with E-state index in [1.807, 2.05) is 32.0 Å². The standard InChI is InChI=1S/C16H16N2O2/c1-9-5-12(15(20-4)7-10(9)2)14-6-11(3)13(8-17)16(19)18-14/h5-7H,1-4H3,(H,18,19). The predicted molar refractivity (Wildman–Crippen MR) is 78.0 cm³/mol. The van der Waals surface area contributed by atoms with Gasteiger partial charge in [0.1, 0.15) is 17.4 Å². The van der Waals surface area contributed by atoms with Crippen molar-refractivity contribution in [1.29, 1.82) is 5.26 Å². The molecule has 0 fully saturated rings. The maximum atomic E-state index is 11.9. The minimum atomic E-state index is -0.372. The molecule has 4 heteroatoms. The molecule has 0 bridgehead atoms. The number of aryl methyl sites for hydroxylation is 3. The van der Waals surface area contributed by atoms with Crippen molar-refractivity contribution in [3.8, 4) is 23.1 Å². The van der Waals surface area contributed by atoms with Crippen molar-refractivity contribution in [2.24, 2.45) is 0 Å². The molecule has 20 heavy (non-hydrogen) atoms. The molecule has 2 rings (SSSR count). The van der Waals surface area contributed by atoms with Crippen molar-refractivity contribution in [1.82, 2.24) is 4.98 Å². The lowest BCUT2D eigenvalue weighted by molar-refractivity contribution is 0.416. The van der Waals surface area contributed by atoms with E-state index in [-0.39, 0.29) is 11.1 Å². The van der Waals surface area contributed by atoms with Gasteiger partial charge in [0.25, 0.3) is 5.56 Å². The Kier molecular flexibility index (Phi) is 3.62. The van der Waals surface area contributed by atoms with E-state index in [1.54, 1.807) is 20.1 Å². The van der Waals surface area contributed by atoms with E-state index >= 15 is 0 Å². The molecule has 0 radical (unpaired) electrons. The molecule has 1 aromatic carbocycles. The first kappa shape index (κ1) is 13.9. The molecular formula is C16H16N2O2. The van der Waals surface area contributed by atoms with Crippen LogP contribution in [0.1, 0.15) is 22.3 Å². The van der Waals surface area contributed by atoms with Crippen molar-refractivity contribution in [2.75, 3.05) is 7.11 Å². The predicted octanol–water partition coefficient (Wildman–Crippen LogP) is 2.85. The molecule has 1 heterocycles. The van der Waals surface area contributed by atoms with Crippen LogP contribution in [-0.4, -0.2) is 12.1 Å². The minimum absolute atomic E-state index is 0.150. The fourth-order valence-corrected chi connectivity index (χ4v) is 2.14. The van der Waals surface area contributed by atoms with E-state index in [0.717, 1.165) is 16.7 Å². The number of benzene rings is 1. The van der Waals surface area contributed by atoms with Crippen LogP contribution in [0.25, 0.3) is 11.3 Å². The number of hydrogen-bond acceptors (Lipinski definition) is 3. The third-order valence-electron chi connectivity index (χ3n) is 3.45. The lowest BCUT2D eigenvalue weighted by Crippen LogP contribution is -2.13. The Bertz CT molecular complexity index is 767. The number of nitrogens with one attached hydrogen (secondary N) is 1. The normalized spacial score (nSPS) is 10.2. The second kappa shape index (κ2) is 5.22. The lowest BCUT2D eigenvalue weighted by atomic mass is 10.0. The molecule has 0 aliphatic rings. The average molecular weight is 268 g/mol. The third kappa shape index (κ3) is 2.30. The van der Waals surface area contributed by atoms with E-state index < -0.39 is 0 Å². The first-order valence-corrected chi connectivity index (χ1v) is 6.27. The Morgan fingerprint density at radius 1 is 1.10 bits per heavy atom. The SMILES string of the molecule is COc1cc(C)c(C)cc1-c1cc(C)c(C#N)c(=O)[nH]1. The first-order chi connectivity index (χ1) is 9.47. The van der Waals surface area contributed by atoms with Gasteiger partial charge < -0.3 is 9.72 Å². The van der Waals surface area contributed by atoms with E-state index in [1.165, 1.54) is 0 Å². The molecule has 1 aromatic heterocycles. The highest BCUT2D eigenvalue weighted by Gasteiger charge is 2.12. The van der Waals surface area contributed by atoms with Crippen LogP contribution in [-0.2, 0) is 0 Å². The minimum Gasteiger partial charge on any atom is -0.496 e. The van der Waals surface area contributed by atoms with Gasteiger partial charge >= 0.3 is 0 Å². The van der Waals surface area contributed by atoms with E-state index in [9.17, 15) is 4.79 Å². The van der Waals surface area contributed by atoms with Crippen LogP contribution in [0.2, 0.25) is 0 Å². The van der Waals surface area contributed by atoms with Crippen LogP contribution in [0, 0.1) is 32.1 Å². The maximum Gasteiger partial charge on any atom is 0.266 e. The molecule has 1 N–H and O–H groups in total. The van der Waals surface area contributed by atoms with Gasteiger partial charge in [0.05, 0.1) is 12.8 Å². The first-order valence-electron chi connectivity index (χ1n) is 6.27. The molecule has 0 amide bonds. The highest BCUT2D eigenvalue weighted by Crippen LogP contribution is 2.31. The number of nitriles is 1. The van der Waals surface area contributed by atoms with Gasteiger partial charge in [0, 0.05) is 5.56 Å². The van der Waals surface area contributed by atoms with Gasteiger partial charge in [-0.15, -0.1) is 0 Å². The summed E-state index contributed by atoms with van der Waals surface area (Å²) >= 11 is 0. The Morgan fingerprint density at radius 3 is 2.30 bits per heavy atom. The fraction of sp³-hybridized carbons (Fsp3) is 0.250. The molecule has 2 aromatic rings. The second-order valence-electron chi connectivity index (χ2n) is 4.82. The van der Waals surface area contributed by atoms with Crippen LogP contribution in [0.3, 0.4) is 0 Å². The van der Waals surface area contributed by atoms with E-state index in [0.29, 0.717) is 17.0 Å². The number of hydrogen-bond donors (Lipinski definition) is 1. The number of rotatable bonds is 2. The summed E-state index contributed by atoms with van der Waals surface area (Å²) in [7, 11) is 1.60. The zero-order chi connectivity index (χ0) is 14.9. The summed E-state index contributed by atoms with van der Waals surface area (Å²) in [5.74, 6) is 0.702. The summed E-state index contributed by atoms with van der Waals surface area (Å²) in [6.07, 6.45) is 0. The maximum absolute atomic E-state index is 11.9.